The highest BCUT2D eigenvalue weighted by Crippen LogP contribution is 2.35. The van der Waals surface area contributed by atoms with E-state index in [0.29, 0.717) is 13.0 Å². The molecule has 1 atom stereocenters. The number of benzene rings is 2. The van der Waals surface area contributed by atoms with E-state index in [4.69, 9.17) is 0 Å². The molecule has 2 amide bonds. The van der Waals surface area contributed by atoms with Crippen LogP contribution < -0.4 is 5.32 Å². The van der Waals surface area contributed by atoms with E-state index in [1.165, 1.54) is 11.8 Å². The summed E-state index contributed by atoms with van der Waals surface area (Å²) >= 11 is 1.53. The van der Waals surface area contributed by atoms with Gasteiger partial charge in [0.2, 0.25) is 11.8 Å². The third-order valence-corrected chi connectivity index (χ3v) is 5.70. The molecule has 4 nitrogen and oxygen atoms in total. The van der Waals surface area contributed by atoms with Crippen molar-refractivity contribution in [1.82, 2.24) is 10.2 Å². The quantitative estimate of drug-likeness (QED) is 0.759. The number of nitrogens with one attached hydrogen (secondary N) is 1. The average Bonchev–Trinajstić information content (AvgIpc) is 3.22. The standard InChI is InChI=1S/C21H24N2O2S/c24-19(23-15-7-8-16-23)13-14-22-21(25)20(17-9-3-1-4-10-17)26-18-11-5-2-6-12-18/h1-6,9-12,20H,7-8,13-16H2,(H,22,25)/t20-/m0/s1. The number of carbonyl (C=O) groups excluding carboxylic acids is 2. The molecular weight excluding hydrogens is 344 g/mol. The zero-order valence-electron chi connectivity index (χ0n) is 14.8. The van der Waals surface area contributed by atoms with Crippen LogP contribution in [-0.4, -0.2) is 36.3 Å². The van der Waals surface area contributed by atoms with Crippen molar-refractivity contribution < 1.29 is 9.59 Å². The second-order valence-corrected chi connectivity index (χ2v) is 7.53. The van der Waals surface area contributed by atoms with Crippen LogP contribution in [0.25, 0.3) is 0 Å². The van der Waals surface area contributed by atoms with Gasteiger partial charge in [-0.05, 0) is 30.5 Å². The van der Waals surface area contributed by atoms with Gasteiger partial charge in [-0.1, -0.05) is 48.5 Å². The highest BCUT2D eigenvalue weighted by Gasteiger charge is 2.23. The summed E-state index contributed by atoms with van der Waals surface area (Å²) in [5.41, 5.74) is 0.963. The maximum Gasteiger partial charge on any atom is 0.238 e. The Kier molecular flexibility index (Phi) is 6.72. The highest BCUT2D eigenvalue weighted by atomic mass is 32.2. The average molecular weight is 369 g/mol. The first-order valence-electron chi connectivity index (χ1n) is 9.06. The molecule has 0 aromatic heterocycles. The van der Waals surface area contributed by atoms with Gasteiger partial charge >= 0.3 is 0 Å². The molecule has 3 rings (SSSR count). The number of nitrogens with zero attached hydrogens (tertiary/aromatic N) is 1. The molecule has 5 heteroatoms. The molecule has 2 aromatic carbocycles. The SMILES string of the molecule is O=C(NCCC(=O)N1CCCC1)[C@@H](Sc1ccccc1)c1ccccc1. The Labute approximate surface area is 159 Å². The first kappa shape index (κ1) is 18.5. The summed E-state index contributed by atoms with van der Waals surface area (Å²) in [7, 11) is 0. The molecule has 0 spiro atoms. The van der Waals surface area contributed by atoms with Crippen molar-refractivity contribution >= 4 is 23.6 Å². The minimum Gasteiger partial charge on any atom is -0.354 e. The number of carbonyl (C=O) groups is 2. The summed E-state index contributed by atoms with van der Waals surface area (Å²) < 4.78 is 0. The molecule has 0 radical (unpaired) electrons. The summed E-state index contributed by atoms with van der Waals surface area (Å²) in [6.07, 6.45) is 2.53. The molecule has 1 fully saturated rings. The van der Waals surface area contributed by atoms with Crippen LogP contribution in [0.3, 0.4) is 0 Å². The number of rotatable bonds is 7. The number of hydrogen-bond acceptors (Lipinski definition) is 3. The van der Waals surface area contributed by atoms with E-state index in [-0.39, 0.29) is 17.1 Å². The minimum atomic E-state index is -0.333. The molecule has 136 valence electrons. The maximum absolute atomic E-state index is 12.8. The summed E-state index contributed by atoms with van der Waals surface area (Å²) in [6, 6.07) is 19.7. The number of thioether (sulfide) groups is 1. The minimum absolute atomic E-state index is 0.0562. The van der Waals surface area contributed by atoms with Crippen molar-refractivity contribution in [3.8, 4) is 0 Å². The zero-order chi connectivity index (χ0) is 18.2. The van der Waals surface area contributed by atoms with Gasteiger partial charge in [0.15, 0.2) is 0 Å². The van der Waals surface area contributed by atoms with E-state index >= 15 is 0 Å². The van der Waals surface area contributed by atoms with Crippen molar-refractivity contribution in [2.75, 3.05) is 19.6 Å². The van der Waals surface area contributed by atoms with E-state index in [1.807, 2.05) is 65.6 Å². The predicted octanol–water partition coefficient (Wildman–Crippen LogP) is 3.65. The van der Waals surface area contributed by atoms with Crippen LogP contribution in [0.2, 0.25) is 0 Å². The molecule has 26 heavy (non-hydrogen) atoms. The lowest BCUT2D eigenvalue weighted by molar-refractivity contribution is -0.130. The first-order valence-corrected chi connectivity index (χ1v) is 9.94. The summed E-state index contributed by atoms with van der Waals surface area (Å²) in [5.74, 6) is 0.0778. The lowest BCUT2D eigenvalue weighted by Gasteiger charge is -2.18. The van der Waals surface area contributed by atoms with E-state index in [0.717, 1.165) is 36.4 Å². The second-order valence-electron chi connectivity index (χ2n) is 6.35. The van der Waals surface area contributed by atoms with Crippen LogP contribution in [-0.2, 0) is 9.59 Å². The molecule has 1 aliphatic rings. The Morgan fingerprint density at radius 3 is 2.23 bits per heavy atom. The molecule has 0 bridgehead atoms. The second kappa shape index (κ2) is 9.43. The third kappa shape index (κ3) is 5.11. The van der Waals surface area contributed by atoms with Gasteiger partial charge in [0, 0.05) is 31.0 Å². The molecule has 0 unspecified atom stereocenters. The lowest BCUT2D eigenvalue weighted by atomic mass is 10.1. The molecular formula is C21H24N2O2S. The molecule has 0 saturated carbocycles. The number of hydrogen-bond donors (Lipinski definition) is 1. The summed E-state index contributed by atoms with van der Waals surface area (Å²) in [5, 5.41) is 2.62. The Hall–Kier alpha value is -2.27. The van der Waals surface area contributed by atoms with E-state index in [1.54, 1.807) is 0 Å². The van der Waals surface area contributed by atoms with Crippen LogP contribution in [0, 0.1) is 0 Å². The van der Waals surface area contributed by atoms with Gasteiger partial charge < -0.3 is 10.2 Å². The molecule has 1 aliphatic heterocycles. The molecule has 2 aromatic rings. The Balaban J connectivity index is 1.60. The van der Waals surface area contributed by atoms with Crippen molar-refractivity contribution in [3.63, 3.8) is 0 Å². The lowest BCUT2D eigenvalue weighted by Crippen LogP contribution is -2.34. The van der Waals surface area contributed by atoms with Crippen molar-refractivity contribution in [3.05, 3.63) is 66.2 Å². The number of amides is 2. The summed E-state index contributed by atoms with van der Waals surface area (Å²) in [4.78, 5) is 27.9. The van der Waals surface area contributed by atoms with Gasteiger partial charge in [0.05, 0.1) is 0 Å². The summed E-state index contributed by atoms with van der Waals surface area (Å²) in [6.45, 7) is 2.08. The molecule has 1 N–H and O–H groups in total. The molecule has 1 heterocycles. The van der Waals surface area contributed by atoms with Crippen molar-refractivity contribution in [2.24, 2.45) is 0 Å². The highest BCUT2D eigenvalue weighted by molar-refractivity contribution is 8.00. The maximum atomic E-state index is 12.8. The predicted molar refractivity (Wildman–Crippen MR) is 105 cm³/mol. The van der Waals surface area contributed by atoms with Gasteiger partial charge in [-0.15, -0.1) is 11.8 Å². The van der Waals surface area contributed by atoms with Crippen molar-refractivity contribution in [2.45, 2.75) is 29.4 Å². The monoisotopic (exact) mass is 368 g/mol. The fourth-order valence-corrected chi connectivity index (χ4v) is 4.12. The largest absolute Gasteiger partial charge is 0.354 e. The fraction of sp³-hybridized carbons (Fsp3) is 0.333. The van der Waals surface area contributed by atoms with Crippen LogP contribution >= 0.6 is 11.8 Å². The van der Waals surface area contributed by atoms with Gasteiger partial charge in [-0.2, -0.15) is 0 Å². The molecule has 1 saturated heterocycles. The van der Waals surface area contributed by atoms with E-state index in [2.05, 4.69) is 5.32 Å². The normalized spacial score (nSPS) is 14.8. The van der Waals surface area contributed by atoms with Gasteiger partial charge in [-0.3, -0.25) is 9.59 Å². The fourth-order valence-electron chi connectivity index (χ4n) is 3.05. The third-order valence-electron chi connectivity index (χ3n) is 4.43. The topological polar surface area (TPSA) is 49.4 Å². The number of likely N-dealkylation sites (tertiary alicyclic amines) is 1. The van der Waals surface area contributed by atoms with Crippen LogP contribution in [0.4, 0.5) is 0 Å². The van der Waals surface area contributed by atoms with Crippen LogP contribution in [0.5, 0.6) is 0 Å². The van der Waals surface area contributed by atoms with Gasteiger partial charge in [0.25, 0.3) is 0 Å². The Morgan fingerprint density at radius 1 is 0.962 bits per heavy atom. The van der Waals surface area contributed by atoms with Crippen LogP contribution in [0.1, 0.15) is 30.1 Å². The van der Waals surface area contributed by atoms with E-state index < -0.39 is 0 Å². The van der Waals surface area contributed by atoms with E-state index in [9.17, 15) is 9.59 Å². The first-order chi connectivity index (χ1) is 12.7. The smallest absolute Gasteiger partial charge is 0.238 e. The Bertz CT molecular complexity index is 715. The van der Waals surface area contributed by atoms with Crippen LogP contribution in [0.15, 0.2) is 65.6 Å². The zero-order valence-corrected chi connectivity index (χ0v) is 15.6. The van der Waals surface area contributed by atoms with Crippen molar-refractivity contribution in [1.29, 1.82) is 0 Å². The molecule has 0 aliphatic carbocycles. The van der Waals surface area contributed by atoms with Gasteiger partial charge in [0.1, 0.15) is 5.25 Å². The Morgan fingerprint density at radius 2 is 1.58 bits per heavy atom. The van der Waals surface area contributed by atoms with Gasteiger partial charge in [-0.25, -0.2) is 0 Å².